The highest BCUT2D eigenvalue weighted by Crippen LogP contribution is 2.19. The van der Waals surface area contributed by atoms with Crippen LogP contribution in [0.2, 0.25) is 0 Å². The van der Waals surface area contributed by atoms with E-state index in [1.807, 2.05) is 27.8 Å². The van der Waals surface area contributed by atoms with Gasteiger partial charge in [-0.3, -0.25) is 9.48 Å². The second-order valence-corrected chi connectivity index (χ2v) is 5.19. The summed E-state index contributed by atoms with van der Waals surface area (Å²) in [6.07, 6.45) is 1.03. The molecule has 0 unspecified atom stereocenters. The Kier molecular flexibility index (Phi) is 5.81. The minimum absolute atomic E-state index is 0.157. The molecule has 1 aromatic rings. The summed E-state index contributed by atoms with van der Waals surface area (Å²) in [7, 11) is 1.81. The molecule has 0 bridgehead atoms. The van der Waals surface area contributed by atoms with Gasteiger partial charge in [-0.05, 0) is 43.1 Å². The molecule has 1 amide bonds. The monoisotopic (exact) mass is 317 g/mol. The maximum absolute atomic E-state index is 11.9. The molecule has 5 nitrogen and oxygen atoms in total. The smallest absolute Gasteiger partial charge is 0.272 e. The van der Waals surface area contributed by atoms with Crippen LogP contribution in [0.3, 0.4) is 0 Å². The number of nitrogens with one attached hydrogen (secondary N) is 1. The molecule has 1 aromatic heterocycles. The Bertz CT molecular complexity index is 416. The number of carbonyl (C=O) groups is 1. The van der Waals surface area contributed by atoms with Crippen LogP contribution in [0.25, 0.3) is 0 Å². The van der Waals surface area contributed by atoms with Crippen LogP contribution in [0, 0.1) is 6.92 Å². The van der Waals surface area contributed by atoms with Crippen LogP contribution in [0.4, 0.5) is 0 Å². The standard InChI is InChI=1S/C12H20BrN3O2/c1-8(2)18-7-5-6-14-12(17)11-10(13)9(3)16(4)15-11/h8H,5-7H2,1-4H3,(H,14,17). The maximum Gasteiger partial charge on any atom is 0.272 e. The van der Waals surface area contributed by atoms with E-state index in [2.05, 4.69) is 26.3 Å². The third-order valence-corrected chi connectivity index (χ3v) is 3.48. The van der Waals surface area contributed by atoms with Gasteiger partial charge in [0.15, 0.2) is 5.69 Å². The Balaban J connectivity index is 2.39. The Morgan fingerprint density at radius 1 is 1.56 bits per heavy atom. The summed E-state index contributed by atoms with van der Waals surface area (Å²) < 4.78 is 7.83. The average molecular weight is 318 g/mol. The quantitative estimate of drug-likeness (QED) is 0.817. The molecule has 0 saturated carbocycles. The van der Waals surface area contributed by atoms with Crippen LogP contribution in [0.15, 0.2) is 4.47 Å². The van der Waals surface area contributed by atoms with E-state index in [1.54, 1.807) is 4.68 Å². The summed E-state index contributed by atoms with van der Waals surface area (Å²) in [4.78, 5) is 11.9. The number of halogens is 1. The normalized spacial score (nSPS) is 11.0. The van der Waals surface area contributed by atoms with Crippen molar-refractivity contribution in [2.45, 2.75) is 33.3 Å². The highest BCUT2D eigenvalue weighted by molar-refractivity contribution is 9.10. The van der Waals surface area contributed by atoms with E-state index in [1.165, 1.54) is 0 Å². The van der Waals surface area contributed by atoms with Crippen molar-refractivity contribution in [1.29, 1.82) is 0 Å². The van der Waals surface area contributed by atoms with E-state index in [4.69, 9.17) is 4.74 Å². The highest BCUT2D eigenvalue weighted by Gasteiger charge is 2.16. The molecule has 6 heteroatoms. The van der Waals surface area contributed by atoms with Gasteiger partial charge < -0.3 is 10.1 Å². The molecular weight excluding hydrogens is 298 g/mol. The van der Waals surface area contributed by atoms with Crippen LogP contribution in [-0.4, -0.2) is 34.9 Å². The largest absolute Gasteiger partial charge is 0.379 e. The fourth-order valence-corrected chi connectivity index (χ4v) is 1.92. The molecule has 0 atom stereocenters. The van der Waals surface area contributed by atoms with E-state index >= 15 is 0 Å². The lowest BCUT2D eigenvalue weighted by Gasteiger charge is -2.07. The fraction of sp³-hybridized carbons (Fsp3) is 0.667. The molecule has 1 N–H and O–H groups in total. The van der Waals surface area contributed by atoms with Crippen LogP contribution in [0.5, 0.6) is 0 Å². The molecule has 0 aromatic carbocycles. The fourth-order valence-electron chi connectivity index (χ4n) is 1.40. The van der Waals surface area contributed by atoms with E-state index in [9.17, 15) is 4.79 Å². The van der Waals surface area contributed by atoms with Crippen LogP contribution < -0.4 is 5.32 Å². The number of nitrogens with zero attached hydrogens (tertiary/aromatic N) is 2. The third kappa shape index (κ3) is 4.10. The molecule has 18 heavy (non-hydrogen) atoms. The minimum Gasteiger partial charge on any atom is -0.379 e. The van der Waals surface area contributed by atoms with Gasteiger partial charge in [0.2, 0.25) is 0 Å². The Labute approximate surface area is 116 Å². The summed E-state index contributed by atoms with van der Waals surface area (Å²) in [5, 5.41) is 6.99. The van der Waals surface area contributed by atoms with Gasteiger partial charge in [0, 0.05) is 20.2 Å². The first-order chi connectivity index (χ1) is 8.43. The Morgan fingerprint density at radius 2 is 2.22 bits per heavy atom. The van der Waals surface area contributed by atoms with Crippen LogP contribution >= 0.6 is 15.9 Å². The zero-order chi connectivity index (χ0) is 13.7. The third-order valence-electron chi connectivity index (χ3n) is 2.53. The lowest BCUT2D eigenvalue weighted by atomic mass is 10.3. The predicted octanol–water partition coefficient (Wildman–Crippen LogP) is 2.04. The Hall–Kier alpha value is -0.880. The molecule has 0 spiro atoms. The molecule has 1 heterocycles. The topological polar surface area (TPSA) is 56.1 Å². The zero-order valence-electron chi connectivity index (χ0n) is 11.3. The number of carbonyl (C=O) groups excluding carboxylic acids is 1. The number of aromatic nitrogens is 2. The van der Waals surface area contributed by atoms with Gasteiger partial charge in [0.25, 0.3) is 5.91 Å². The van der Waals surface area contributed by atoms with Crippen molar-refractivity contribution < 1.29 is 9.53 Å². The van der Waals surface area contributed by atoms with Crippen molar-refractivity contribution in [1.82, 2.24) is 15.1 Å². The first-order valence-electron chi connectivity index (χ1n) is 6.02. The molecule has 0 aliphatic rings. The van der Waals surface area contributed by atoms with Crippen molar-refractivity contribution in [2.24, 2.45) is 7.05 Å². The molecule has 102 valence electrons. The number of amides is 1. The van der Waals surface area contributed by atoms with Crippen molar-refractivity contribution in [3.8, 4) is 0 Å². The van der Waals surface area contributed by atoms with E-state index in [-0.39, 0.29) is 12.0 Å². The highest BCUT2D eigenvalue weighted by atomic mass is 79.9. The van der Waals surface area contributed by atoms with Gasteiger partial charge in [-0.1, -0.05) is 0 Å². The molecule has 0 aliphatic heterocycles. The summed E-state index contributed by atoms with van der Waals surface area (Å²) >= 11 is 3.37. The number of hydrogen-bond donors (Lipinski definition) is 1. The SMILES string of the molecule is Cc1c(Br)c(C(=O)NCCCOC(C)C)nn1C. The first-order valence-corrected chi connectivity index (χ1v) is 6.81. The average Bonchev–Trinajstić information content (AvgIpc) is 2.56. The minimum atomic E-state index is -0.157. The van der Waals surface area contributed by atoms with Gasteiger partial charge in [-0.2, -0.15) is 5.10 Å². The van der Waals surface area contributed by atoms with Crippen molar-refractivity contribution in [3.63, 3.8) is 0 Å². The number of hydrogen-bond acceptors (Lipinski definition) is 3. The van der Waals surface area contributed by atoms with Gasteiger partial charge in [0.1, 0.15) is 0 Å². The van der Waals surface area contributed by atoms with Crippen molar-refractivity contribution >= 4 is 21.8 Å². The van der Waals surface area contributed by atoms with E-state index in [0.717, 1.165) is 16.6 Å². The number of ether oxygens (including phenoxy) is 1. The molecular formula is C12H20BrN3O2. The predicted molar refractivity (Wildman–Crippen MR) is 73.7 cm³/mol. The molecule has 0 fully saturated rings. The lowest BCUT2D eigenvalue weighted by molar-refractivity contribution is 0.0756. The lowest BCUT2D eigenvalue weighted by Crippen LogP contribution is -2.26. The summed E-state index contributed by atoms with van der Waals surface area (Å²) in [6.45, 7) is 7.14. The number of rotatable bonds is 6. The summed E-state index contributed by atoms with van der Waals surface area (Å²) in [6, 6.07) is 0. The molecule has 0 saturated heterocycles. The zero-order valence-corrected chi connectivity index (χ0v) is 12.9. The van der Waals surface area contributed by atoms with Crippen molar-refractivity contribution in [3.05, 3.63) is 15.9 Å². The van der Waals surface area contributed by atoms with E-state index < -0.39 is 0 Å². The van der Waals surface area contributed by atoms with E-state index in [0.29, 0.717) is 18.8 Å². The number of aryl methyl sites for hydroxylation is 1. The summed E-state index contributed by atoms with van der Waals surface area (Å²) in [5.41, 5.74) is 1.36. The first kappa shape index (κ1) is 15.2. The van der Waals surface area contributed by atoms with Gasteiger partial charge in [-0.15, -0.1) is 0 Å². The van der Waals surface area contributed by atoms with Gasteiger partial charge in [-0.25, -0.2) is 0 Å². The summed E-state index contributed by atoms with van der Waals surface area (Å²) in [5.74, 6) is -0.157. The van der Waals surface area contributed by atoms with Crippen molar-refractivity contribution in [2.75, 3.05) is 13.2 Å². The molecule has 1 rings (SSSR count). The molecule has 0 radical (unpaired) electrons. The maximum atomic E-state index is 11.9. The van der Waals surface area contributed by atoms with Crippen LogP contribution in [-0.2, 0) is 11.8 Å². The second-order valence-electron chi connectivity index (χ2n) is 4.40. The van der Waals surface area contributed by atoms with Crippen LogP contribution in [0.1, 0.15) is 36.5 Å². The van der Waals surface area contributed by atoms with Gasteiger partial charge in [0.05, 0.1) is 16.3 Å². The van der Waals surface area contributed by atoms with Gasteiger partial charge >= 0.3 is 0 Å². The molecule has 0 aliphatic carbocycles. The Morgan fingerprint density at radius 3 is 2.72 bits per heavy atom. The second kappa shape index (κ2) is 6.89.